The lowest BCUT2D eigenvalue weighted by Crippen LogP contribution is -2.50. The zero-order valence-corrected chi connectivity index (χ0v) is 24.0. The highest BCUT2D eigenvalue weighted by Gasteiger charge is 2.66. The topological polar surface area (TPSA) is 113 Å². The number of nitrogens with two attached hydrogens (primary N) is 1. The third kappa shape index (κ3) is 5.07. The molecular formula is C30H28Cl2F2N4O3. The predicted molar refractivity (Wildman–Crippen MR) is 154 cm³/mol. The van der Waals surface area contributed by atoms with E-state index in [0.29, 0.717) is 17.0 Å². The van der Waals surface area contributed by atoms with Crippen molar-refractivity contribution in [3.63, 3.8) is 0 Å². The van der Waals surface area contributed by atoms with Gasteiger partial charge in [0, 0.05) is 38.8 Å². The highest BCUT2D eigenvalue weighted by molar-refractivity contribution is 6.31. The Hall–Kier alpha value is -3.53. The van der Waals surface area contributed by atoms with Crippen LogP contribution in [0.25, 0.3) is 0 Å². The van der Waals surface area contributed by atoms with Crippen molar-refractivity contribution in [3.8, 4) is 0 Å². The summed E-state index contributed by atoms with van der Waals surface area (Å²) >= 11 is 12.5. The van der Waals surface area contributed by atoms with Gasteiger partial charge in [0.05, 0.1) is 11.7 Å². The smallest absolute Gasteiger partial charge is 0.248 e. The Kier molecular flexibility index (Phi) is 7.34. The fourth-order valence-corrected chi connectivity index (χ4v) is 6.58. The van der Waals surface area contributed by atoms with Gasteiger partial charge in [-0.3, -0.25) is 14.4 Å². The number of carbonyl (C=O) groups excluding carboxylic acids is 3. The Morgan fingerprint density at radius 2 is 1.76 bits per heavy atom. The van der Waals surface area contributed by atoms with Crippen LogP contribution in [0.5, 0.6) is 0 Å². The number of halogens is 4. The third-order valence-corrected chi connectivity index (χ3v) is 8.12. The second kappa shape index (κ2) is 10.4. The Labute approximate surface area is 245 Å². The third-order valence-electron chi connectivity index (χ3n) is 7.67. The molecule has 2 heterocycles. The number of nitrogens with one attached hydrogen (secondary N) is 3. The quantitative estimate of drug-likeness (QED) is 0.298. The lowest BCUT2D eigenvalue weighted by Gasteiger charge is -2.37. The predicted octanol–water partition coefficient (Wildman–Crippen LogP) is 5.76. The summed E-state index contributed by atoms with van der Waals surface area (Å²) in [5.74, 6) is -4.48. The molecular weight excluding hydrogens is 573 g/mol. The summed E-state index contributed by atoms with van der Waals surface area (Å²) < 4.78 is 30.8. The molecule has 0 bridgehead atoms. The van der Waals surface area contributed by atoms with E-state index in [0.717, 1.165) is 12.1 Å². The van der Waals surface area contributed by atoms with E-state index in [9.17, 15) is 18.8 Å². The summed E-state index contributed by atoms with van der Waals surface area (Å²) in [5, 5.41) is 9.17. The molecule has 11 heteroatoms. The maximum absolute atomic E-state index is 15.9. The van der Waals surface area contributed by atoms with Crippen LogP contribution in [0.2, 0.25) is 10.0 Å². The molecule has 2 aliphatic heterocycles. The van der Waals surface area contributed by atoms with Gasteiger partial charge in [-0.25, -0.2) is 8.78 Å². The van der Waals surface area contributed by atoms with E-state index in [1.54, 1.807) is 24.3 Å². The number of anilines is 2. The van der Waals surface area contributed by atoms with Crippen LogP contribution < -0.4 is 21.7 Å². The van der Waals surface area contributed by atoms with Crippen molar-refractivity contribution in [2.45, 2.75) is 50.6 Å². The molecule has 2 aliphatic rings. The highest BCUT2D eigenvalue weighted by Crippen LogP contribution is 2.57. The Balaban J connectivity index is 1.70. The van der Waals surface area contributed by atoms with E-state index in [1.165, 1.54) is 18.2 Å². The molecule has 5 N–H and O–H groups in total. The van der Waals surface area contributed by atoms with E-state index in [1.807, 2.05) is 20.8 Å². The van der Waals surface area contributed by atoms with E-state index >= 15 is 4.39 Å². The summed E-state index contributed by atoms with van der Waals surface area (Å²) in [6.07, 6.45) is 0.379. The zero-order chi connectivity index (χ0) is 29.9. The van der Waals surface area contributed by atoms with Gasteiger partial charge in [-0.1, -0.05) is 56.1 Å². The summed E-state index contributed by atoms with van der Waals surface area (Å²) in [6.45, 7) is 5.93. The molecule has 1 fully saturated rings. The molecule has 0 radical (unpaired) electrons. The van der Waals surface area contributed by atoms with Gasteiger partial charge in [0.1, 0.15) is 17.0 Å². The van der Waals surface area contributed by atoms with Gasteiger partial charge in [-0.05, 0) is 59.9 Å². The van der Waals surface area contributed by atoms with Crippen molar-refractivity contribution in [1.82, 2.24) is 5.32 Å². The molecule has 3 aromatic carbocycles. The maximum Gasteiger partial charge on any atom is 0.248 e. The van der Waals surface area contributed by atoms with Crippen molar-refractivity contribution < 1.29 is 23.2 Å². The molecule has 3 amide bonds. The van der Waals surface area contributed by atoms with Gasteiger partial charge in [-0.2, -0.15) is 0 Å². The summed E-state index contributed by atoms with van der Waals surface area (Å²) in [6, 6.07) is 10.9. The van der Waals surface area contributed by atoms with Crippen molar-refractivity contribution in [1.29, 1.82) is 0 Å². The number of carbonyl (C=O) groups is 3. The molecule has 0 aliphatic carbocycles. The van der Waals surface area contributed by atoms with Crippen LogP contribution in [-0.2, 0) is 15.0 Å². The largest absolute Gasteiger partial charge is 0.366 e. The molecule has 1 saturated heterocycles. The lowest BCUT2D eigenvalue weighted by atomic mass is 9.62. The number of primary amides is 1. The average molecular weight is 601 g/mol. The lowest BCUT2D eigenvalue weighted by molar-refractivity contribution is -0.122. The molecule has 0 unspecified atom stereocenters. The monoisotopic (exact) mass is 600 g/mol. The molecule has 3 aromatic rings. The minimum atomic E-state index is -1.58. The van der Waals surface area contributed by atoms with E-state index in [-0.39, 0.29) is 32.9 Å². The van der Waals surface area contributed by atoms with Crippen molar-refractivity contribution in [2.75, 3.05) is 10.6 Å². The molecule has 7 nitrogen and oxygen atoms in total. The van der Waals surface area contributed by atoms with Crippen LogP contribution in [0.1, 0.15) is 54.6 Å². The molecule has 0 saturated carbocycles. The Morgan fingerprint density at radius 3 is 2.39 bits per heavy atom. The van der Waals surface area contributed by atoms with Crippen LogP contribution in [0.15, 0.2) is 54.6 Å². The fourth-order valence-electron chi connectivity index (χ4n) is 6.18. The second-order valence-electron chi connectivity index (χ2n) is 11.7. The minimum absolute atomic E-state index is 0.0612. The number of hydrogen-bond acceptors (Lipinski definition) is 4. The summed E-state index contributed by atoms with van der Waals surface area (Å²) in [4.78, 5) is 39.6. The number of amides is 3. The van der Waals surface area contributed by atoms with Gasteiger partial charge in [0.15, 0.2) is 0 Å². The summed E-state index contributed by atoms with van der Waals surface area (Å²) in [7, 11) is 0. The maximum atomic E-state index is 15.9. The Bertz CT molecular complexity index is 1590. The first-order valence-electron chi connectivity index (χ1n) is 12.9. The first kappa shape index (κ1) is 29.0. The number of fused-ring (bicyclic) bond motifs is 2. The van der Waals surface area contributed by atoms with Crippen molar-refractivity contribution in [2.24, 2.45) is 11.1 Å². The highest BCUT2D eigenvalue weighted by atomic mass is 35.5. The van der Waals surface area contributed by atoms with E-state index in [2.05, 4.69) is 16.0 Å². The van der Waals surface area contributed by atoms with E-state index < -0.39 is 52.8 Å². The second-order valence-corrected chi connectivity index (χ2v) is 12.5. The Morgan fingerprint density at radius 1 is 1.02 bits per heavy atom. The number of rotatable bonds is 5. The molecule has 4 atom stereocenters. The molecule has 0 aromatic heterocycles. The first-order valence-corrected chi connectivity index (χ1v) is 13.7. The molecule has 1 spiro atoms. The van der Waals surface area contributed by atoms with Gasteiger partial charge in [0.2, 0.25) is 17.7 Å². The number of hydrogen-bond donors (Lipinski definition) is 4. The molecule has 214 valence electrons. The van der Waals surface area contributed by atoms with Gasteiger partial charge in [0.25, 0.3) is 0 Å². The van der Waals surface area contributed by atoms with Gasteiger partial charge >= 0.3 is 0 Å². The van der Waals surface area contributed by atoms with Crippen LogP contribution >= 0.6 is 23.2 Å². The molecule has 41 heavy (non-hydrogen) atoms. The van der Waals surface area contributed by atoms with Gasteiger partial charge < -0.3 is 21.7 Å². The van der Waals surface area contributed by atoms with Crippen molar-refractivity contribution in [3.05, 3.63) is 93.0 Å². The van der Waals surface area contributed by atoms with Crippen LogP contribution in [0.4, 0.5) is 20.2 Å². The zero-order valence-electron chi connectivity index (χ0n) is 22.4. The van der Waals surface area contributed by atoms with Crippen LogP contribution in [0.3, 0.4) is 0 Å². The van der Waals surface area contributed by atoms with Gasteiger partial charge in [-0.15, -0.1) is 0 Å². The van der Waals surface area contributed by atoms with Crippen LogP contribution in [0, 0.1) is 17.0 Å². The minimum Gasteiger partial charge on any atom is -0.366 e. The van der Waals surface area contributed by atoms with E-state index in [4.69, 9.17) is 28.9 Å². The standard InChI is InChI=1S/C30H28Cl2F2N4O3/c1-29(2,3)13-22-30(24-19(34)11-17(32)12-21(24)37-28(30)41)23(14-5-4-6-16(31)9-14)25(38-22)27(40)36-20-8-7-15(26(35)39)10-18(20)33/h4-12,22-23,25,38H,13H2,1-3H3,(H2,35,39)(H,36,40)(H,37,41)/t22-,23-,25+,30+/m0/s1. The normalized spacial score (nSPS) is 23.4. The SMILES string of the molecule is CC(C)(C)C[C@@H]1N[C@@H](C(=O)Nc2ccc(C(N)=O)cc2F)[C@H](c2cccc(Cl)c2)[C@]12C(=O)Nc1cc(Cl)cc(F)c12. The summed E-state index contributed by atoms with van der Waals surface area (Å²) in [5.41, 5.74) is 3.91. The number of benzene rings is 3. The fraction of sp³-hybridized carbons (Fsp3) is 0.300. The van der Waals surface area contributed by atoms with Crippen molar-refractivity contribution >= 4 is 52.3 Å². The molecule has 5 rings (SSSR count). The van der Waals surface area contributed by atoms with Crippen LogP contribution in [-0.4, -0.2) is 29.8 Å². The first-order chi connectivity index (χ1) is 19.2. The average Bonchev–Trinajstić information content (AvgIpc) is 3.34.